The molecule has 2 aromatic rings. The average molecular weight is 311 g/mol. The van der Waals surface area contributed by atoms with E-state index in [0.717, 1.165) is 11.3 Å². The number of amides is 1. The average Bonchev–Trinajstić information content (AvgIpc) is 2.55. The zero-order valence-corrected chi connectivity index (χ0v) is 14.1. The van der Waals surface area contributed by atoms with Crippen molar-refractivity contribution in [2.24, 2.45) is 0 Å². The van der Waals surface area contributed by atoms with E-state index in [1.54, 1.807) is 0 Å². The highest BCUT2D eigenvalue weighted by molar-refractivity contribution is 5.76. The summed E-state index contributed by atoms with van der Waals surface area (Å²) < 4.78 is 5.59. The van der Waals surface area contributed by atoms with Gasteiger partial charge in [-0.1, -0.05) is 36.4 Å². The third-order valence-corrected chi connectivity index (χ3v) is 3.97. The van der Waals surface area contributed by atoms with Crippen LogP contribution in [0.5, 0.6) is 5.75 Å². The molecule has 0 aliphatic carbocycles. The number of carbonyl (C=O) groups excluding carboxylic acids is 1. The first-order valence-corrected chi connectivity index (χ1v) is 8.10. The summed E-state index contributed by atoms with van der Waals surface area (Å²) in [6.07, 6.45) is 1.18. The predicted octanol–water partition coefficient (Wildman–Crippen LogP) is 4.34. The molecule has 0 aliphatic rings. The lowest BCUT2D eigenvalue weighted by Crippen LogP contribution is -2.26. The fourth-order valence-electron chi connectivity index (χ4n) is 2.37. The van der Waals surface area contributed by atoms with Crippen LogP contribution < -0.4 is 10.1 Å². The molecule has 3 nitrogen and oxygen atoms in total. The molecule has 3 heteroatoms. The van der Waals surface area contributed by atoms with Crippen molar-refractivity contribution in [3.63, 3.8) is 0 Å². The summed E-state index contributed by atoms with van der Waals surface area (Å²) in [6.45, 7) is 6.75. The zero-order chi connectivity index (χ0) is 16.7. The molecule has 0 spiro atoms. The number of ether oxygens (including phenoxy) is 1. The Morgan fingerprint density at radius 2 is 1.83 bits per heavy atom. The monoisotopic (exact) mass is 311 g/mol. The van der Waals surface area contributed by atoms with E-state index in [-0.39, 0.29) is 11.9 Å². The normalized spacial score (nSPS) is 11.8. The molecule has 122 valence electrons. The fourth-order valence-corrected chi connectivity index (χ4v) is 2.37. The van der Waals surface area contributed by atoms with Gasteiger partial charge in [-0.15, -0.1) is 0 Å². The van der Waals surface area contributed by atoms with Gasteiger partial charge in [-0.3, -0.25) is 4.79 Å². The van der Waals surface area contributed by atoms with Crippen molar-refractivity contribution >= 4 is 5.91 Å². The van der Waals surface area contributed by atoms with Crippen molar-refractivity contribution in [1.29, 1.82) is 0 Å². The van der Waals surface area contributed by atoms with E-state index >= 15 is 0 Å². The summed E-state index contributed by atoms with van der Waals surface area (Å²) >= 11 is 0. The Hall–Kier alpha value is -2.29. The van der Waals surface area contributed by atoms with Crippen LogP contribution in [0.4, 0.5) is 0 Å². The lowest BCUT2D eigenvalue weighted by atomic mass is 10.0. The molecule has 2 rings (SSSR count). The van der Waals surface area contributed by atoms with Gasteiger partial charge in [-0.2, -0.15) is 0 Å². The smallest absolute Gasteiger partial charge is 0.220 e. The van der Waals surface area contributed by atoms with Gasteiger partial charge in [-0.25, -0.2) is 0 Å². The van der Waals surface area contributed by atoms with Gasteiger partial charge < -0.3 is 10.1 Å². The van der Waals surface area contributed by atoms with Crippen LogP contribution in [0.15, 0.2) is 48.5 Å². The first-order chi connectivity index (χ1) is 11.1. The van der Waals surface area contributed by atoms with Crippen LogP contribution >= 0.6 is 0 Å². The van der Waals surface area contributed by atoms with Crippen LogP contribution in [0, 0.1) is 13.8 Å². The number of hydrogen-bond donors (Lipinski definition) is 1. The fraction of sp³-hybridized carbons (Fsp3) is 0.350. The number of benzene rings is 2. The number of hydrogen-bond acceptors (Lipinski definition) is 2. The Bertz CT molecular complexity index is 637. The van der Waals surface area contributed by atoms with Crippen molar-refractivity contribution in [1.82, 2.24) is 5.32 Å². The minimum Gasteiger partial charge on any atom is -0.494 e. The van der Waals surface area contributed by atoms with Gasteiger partial charge >= 0.3 is 0 Å². The molecule has 1 amide bonds. The number of nitrogens with one attached hydrogen (secondary N) is 1. The molecule has 0 heterocycles. The summed E-state index contributed by atoms with van der Waals surface area (Å²) in [4.78, 5) is 12.0. The Morgan fingerprint density at radius 1 is 1.09 bits per heavy atom. The van der Waals surface area contributed by atoms with Crippen molar-refractivity contribution in [2.45, 2.75) is 39.7 Å². The van der Waals surface area contributed by atoms with Crippen molar-refractivity contribution < 1.29 is 9.53 Å². The summed E-state index contributed by atoms with van der Waals surface area (Å²) in [5.74, 6) is 0.906. The van der Waals surface area contributed by atoms with Crippen LogP contribution in [0.1, 0.15) is 42.5 Å². The second kappa shape index (κ2) is 8.37. The number of carbonyl (C=O) groups is 1. The summed E-state index contributed by atoms with van der Waals surface area (Å²) in [6, 6.07) is 16.0. The van der Waals surface area contributed by atoms with Crippen LogP contribution in [0.2, 0.25) is 0 Å². The van der Waals surface area contributed by atoms with Crippen LogP contribution in [0.25, 0.3) is 0 Å². The molecule has 0 radical (unpaired) electrons. The SMILES string of the molecule is Cc1ccc(C(C)NC(=O)CCCOc2ccccc2)cc1C. The molecule has 0 bridgehead atoms. The maximum Gasteiger partial charge on any atom is 0.220 e. The molecule has 23 heavy (non-hydrogen) atoms. The highest BCUT2D eigenvalue weighted by Gasteiger charge is 2.10. The van der Waals surface area contributed by atoms with E-state index in [0.29, 0.717) is 19.4 Å². The van der Waals surface area contributed by atoms with E-state index in [1.807, 2.05) is 37.3 Å². The second-order valence-corrected chi connectivity index (χ2v) is 5.90. The molecule has 0 saturated carbocycles. The van der Waals surface area contributed by atoms with Gasteiger partial charge in [0.05, 0.1) is 12.6 Å². The lowest BCUT2D eigenvalue weighted by molar-refractivity contribution is -0.121. The standard InChI is InChI=1S/C20H25NO2/c1-15-11-12-18(14-16(15)2)17(3)21-20(22)10-7-13-23-19-8-5-4-6-9-19/h4-6,8-9,11-12,14,17H,7,10,13H2,1-3H3,(H,21,22). The summed E-state index contributed by atoms with van der Waals surface area (Å²) in [7, 11) is 0. The van der Waals surface area contributed by atoms with E-state index < -0.39 is 0 Å². The Labute approximate surface area is 138 Å². The van der Waals surface area contributed by atoms with Crippen molar-refractivity contribution in [3.8, 4) is 5.75 Å². The van der Waals surface area contributed by atoms with Gasteiger partial charge in [0.25, 0.3) is 0 Å². The minimum absolute atomic E-state index is 0.0249. The summed E-state index contributed by atoms with van der Waals surface area (Å²) in [5.41, 5.74) is 3.66. The Kier molecular flexibility index (Phi) is 6.21. The molecule has 1 unspecified atom stereocenters. The molecule has 0 fully saturated rings. The topological polar surface area (TPSA) is 38.3 Å². The van der Waals surface area contributed by atoms with Crippen LogP contribution in [0.3, 0.4) is 0 Å². The van der Waals surface area contributed by atoms with E-state index in [9.17, 15) is 4.79 Å². The highest BCUT2D eigenvalue weighted by Crippen LogP contribution is 2.17. The number of para-hydroxylation sites is 1. The van der Waals surface area contributed by atoms with Gasteiger partial charge in [0.2, 0.25) is 5.91 Å². The third-order valence-electron chi connectivity index (χ3n) is 3.97. The predicted molar refractivity (Wildman–Crippen MR) is 93.6 cm³/mol. The Balaban J connectivity index is 1.72. The van der Waals surface area contributed by atoms with Gasteiger partial charge in [0.1, 0.15) is 5.75 Å². The van der Waals surface area contributed by atoms with Gasteiger partial charge in [-0.05, 0) is 56.0 Å². The van der Waals surface area contributed by atoms with E-state index in [4.69, 9.17) is 4.74 Å². The molecule has 0 aromatic heterocycles. The third kappa shape index (κ3) is 5.44. The van der Waals surface area contributed by atoms with Crippen LogP contribution in [-0.4, -0.2) is 12.5 Å². The van der Waals surface area contributed by atoms with Crippen molar-refractivity contribution in [3.05, 3.63) is 65.2 Å². The molecule has 2 aromatic carbocycles. The number of rotatable bonds is 7. The zero-order valence-electron chi connectivity index (χ0n) is 14.1. The summed E-state index contributed by atoms with van der Waals surface area (Å²) in [5, 5.41) is 3.05. The maximum atomic E-state index is 12.0. The quantitative estimate of drug-likeness (QED) is 0.772. The van der Waals surface area contributed by atoms with Crippen molar-refractivity contribution in [2.75, 3.05) is 6.61 Å². The first-order valence-electron chi connectivity index (χ1n) is 8.10. The Morgan fingerprint density at radius 3 is 2.52 bits per heavy atom. The number of aryl methyl sites for hydroxylation is 2. The van der Waals surface area contributed by atoms with Gasteiger partial charge in [0.15, 0.2) is 0 Å². The van der Waals surface area contributed by atoms with E-state index in [1.165, 1.54) is 11.1 Å². The molecule has 1 N–H and O–H groups in total. The van der Waals surface area contributed by atoms with E-state index in [2.05, 4.69) is 37.4 Å². The molecule has 0 saturated heterocycles. The molecular formula is C20H25NO2. The maximum absolute atomic E-state index is 12.0. The molecular weight excluding hydrogens is 286 g/mol. The largest absolute Gasteiger partial charge is 0.494 e. The molecule has 0 aliphatic heterocycles. The van der Waals surface area contributed by atoms with Crippen LogP contribution in [-0.2, 0) is 4.79 Å². The van der Waals surface area contributed by atoms with Gasteiger partial charge in [0, 0.05) is 6.42 Å². The molecule has 1 atom stereocenters. The minimum atomic E-state index is 0.0249. The second-order valence-electron chi connectivity index (χ2n) is 5.90. The lowest BCUT2D eigenvalue weighted by Gasteiger charge is -2.16. The first kappa shape index (κ1) is 17.1. The highest BCUT2D eigenvalue weighted by atomic mass is 16.5.